The first kappa shape index (κ1) is 17.5. The van der Waals surface area contributed by atoms with Gasteiger partial charge in [0.2, 0.25) is 0 Å². The molecular formula is C16H23N3O3S. The second kappa shape index (κ2) is 7.14. The number of benzene rings is 1. The first-order valence-corrected chi connectivity index (χ1v) is 7.94. The van der Waals surface area contributed by atoms with Gasteiger partial charge in [-0.05, 0) is 51.4 Å². The summed E-state index contributed by atoms with van der Waals surface area (Å²) in [5, 5.41) is 3.38. The second-order valence-corrected chi connectivity index (χ2v) is 6.89. The molecule has 23 heavy (non-hydrogen) atoms. The average molecular weight is 337 g/mol. The molecular weight excluding hydrogens is 314 g/mol. The third-order valence-corrected chi connectivity index (χ3v) is 3.33. The van der Waals surface area contributed by atoms with E-state index in [1.54, 1.807) is 0 Å². The Labute approximate surface area is 141 Å². The summed E-state index contributed by atoms with van der Waals surface area (Å²) in [7, 11) is 0. The number of ether oxygens (including phenoxy) is 2. The van der Waals surface area contributed by atoms with E-state index in [0.717, 1.165) is 18.4 Å². The Morgan fingerprint density at radius 2 is 1.91 bits per heavy atom. The molecule has 7 heteroatoms. The molecule has 3 N–H and O–H groups in total. The number of amides is 1. The summed E-state index contributed by atoms with van der Waals surface area (Å²) in [6, 6.07) is 9.79. The SMILES string of the molecule is CC(C)(C)OC(=O)NNC1(NC(=S)OCc2ccccc2)CC1. The van der Waals surface area contributed by atoms with Crippen LogP contribution in [0.3, 0.4) is 0 Å². The van der Waals surface area contributed by atoms with E-state index in [0.29, 0.717) is 11.8 Å². The normalized spacial score (nSPS) is 15.4. The molecule has 1 amide bonds. The molecule has 1 saturated carbocycles. The molecule has 0 radical (unpaired) electrons. The molecule has 0 atom stereocenters. The minimum atomic E-state index is -0.538. The molecule has 1 aromatic carbocycles. The van der Waals surface area contributed by atoms with Crippen molar-refractivity contribution in [2.45, 2.75) is 51.5 Å². The van der Waals surface area contributed by atoms with Crippen LogP contribution in [0.15, 0.2) is 30.3 Å². The maximum Gasteiger partial charge on any atom is 0.422 e. The quantitative estimate of drug-likeness (QED) is 0.436. The molecule has 0 saturated heterocycles. The van der Waals surface area contributed by atoms with Gasteiger partial charge < -0.3 is 14.8 Å². The number of hydrogen-bond donors (Lipinski definition) is 3. The molecule has 0 aromatic heterocycles. The van der Waals surface area contributed by atoms with Crippen LogP contribution in [0, 0.1) is 0 Å². The Hall–Kier alpha value is -1.86. The molecule has 1 aliphatic rings. The van der Waals surface area contributed by atoms with Crippen LogP contribution in [0.25, 0.3) is 0 Å². The van der Waals surface area contributed by atoms with Crippen molar-refractivity contribution in [1.82, 2.24) is 16.2 Å². The van der Waals surface area contributed by atoms with Crippen LogP contribution in [0.5, 0.6) is 0 Å². The molecule has 1 fully saturated rings. The van der Waals surface area contributed by atoms with E-state index in [1.165, 1.54) is 0 Å². The predicted octanol–water partition coefficient (Wildman–Crippen LogP) is 2.60. The molecule has 0 bridgehead atoms. The minimum absolute atomic E-state index is 0.296. The number of carbonyl (C=O) groups excluding carboxylic acids is 1. The Balaban J connectivity index is 1.71. The number of thiocarbonyl (C=S) groups is 1. The highest BCUT2D eigenvalue weighted by molar-refractivity contribution is 7.80. The van der Waals surface area contributed by atoms with Gasteiger partial charge in [0.1, 0.15) is 17.9 Å². The minimum Gasteiger partial charge on any atom is -0.466 e. The zero-order chi connectivity index (χ0) is 16.9. The van der Waals surface area contributed by atoms with Crippen LogP contribution in [0.1, 0.15) is 39.2 Å². The smallest absolute Gasteiger partial charge is 0.422 e. The fourth-order valence-electron chi connectivity index (χ4n) is 1.84. The lowest BCUT2D eigenvalue weighted by molar-refractivity contribution is 0.0479. The Bertz CT molecular complexity index is 553. The highest BCUT2D eigenvalue weighted by atomic mass is 32.1. The van der Waals surface area contributed by atoms with Crippen molar-refractivity contribution in [3.63, 3.8) is 0 Å². The van der Waals surface area contributed by atoms with Crippen LogP contribution >= 0.6 is 12.2 Å². The Morgan fingerprint density at radius 1 is 1.26 bits per heavy atom. The van der Waals surface area contributed by atoms with Crippen molar-refractivity contribution in [3.8, 4) is 0 Å². The van der Waals surface area contributed by atoms with E-state index in [-0.39, 0.29) is 0 Å². The average Bonchev–Trinajstić information content (AvgIpc) is 3.22. The standard InChI is InChI=1S/C16H23N3O3S/c1-15(2,3)22-13(20)18-19-16(9-10-16)17-14(23)21-11-12-7-5-4-6-8-12/h4-8,19H,9-11H2,1-3H3,(H,17,23)(H,18,20). The van der Waals surface area contributed by atoms with Crippen LogP contribution < -0.4 is 16.2 Å². The summed E-state index contributed by atoms with van der Waals surface area (Å²) in [6.07, 6.45) is 1.14. The molecule has 1 aromatic rings. The fraction of sp³-hybridized carbons (Fsp3) is 0.500. The van der Waals surface area contributed by atoms with Gasteiger partial charge in [-0.3, -0.25) is 5.43 Å². The topological polar surface area (TPSA) is 71.6 Å². The lowest BCUT2D eigenvalue weighted by Gasteiger charge is -2.24. The zero-order valence-electron chi connectivity index (χ0n) is 13.6. The van der Waals surface area contributed by atoms with E-state index in [4.69, 9.17) is 21.7 Å². The van der Waals surface area contributed by atoms with Gasteiger partial charge in [0, 0.05) is 0 Å². The maximum absolute atomic E-state index is 11.6. The first-order valence-electron chi connectivity index (χ1n) is 7.53. The highest BCUT2D eigenvalue weighted by Crippen LogP contribution is 2.31. The molecule has 0 aliphatic heterocycles. The van der Waals surface area contributed by atoms with Gasteiger partial charge in [0.05, 0.1) is 0 Å². The summed E-state index contributed by atoms with van der Waals surface area (Å²) in [5.74, 6) is 0. The molecule has 0 unspecified atom stereocenters. The fourth-order valence-corrected chi connectivity index (χ4v) is 2.09. The predicted molar refractivity (Wildman–Crippen MR) is 91.4 cm³/mol. The van der Waals surface area contributed by atoms with Crippen LogP contribution in [-0.4, -0.2) is 22.5 Å². The van der Waals surface area contributed by atoms with Crippen molar-refractivity contribution in [2.24, 2.45) is 0 Å². The van der Waals surface area contributed by atoms with Crippen molar-refractivity contribution >= 4 is 23.5 Å². The summed E-state index contributed by atoms with van der Waals surface area (Å²) >= 11 is 5.19. The van der Waals surface area contributed by atoms with Gasteiger partial charge in [0.25, 0.3) is 5.17 Å². The van der Waals surface area contributed by atoms with Crippen molar-refractivity contribution in [1.29, 1.82) is 0 Å². The van der Waals surface area contributed by atoms with Gasteiger partial charge in [-0.15, -0.1) is 0 Å². The number of nitrogens with one attached hydrogen (secondary N) is 3. The van der Waals surface area contributed by atoms with Gasteiger partial charge in [-0.2, -0.15) is 0 Å². The number of hydrogen-bond acceptors (Lipinski definition) is 5. The molecule has 1 aliphatic carbocycles. The van der Waals surface area contributed by atoms with Gasteiger partial charge >= 0.3 is 6.09 Å². The number of carbonyl (C=O) groups is 1. The van der Waals surface area contributed by atoms with Crippen molar-refractivity contribution in [2.75, 3.05) is 0 Å². The number of rotatable bonds is 5. The first-order chi connectivity index (χ1) is 10.8. The largest absolute Gasteiger partial charge is 0.466 e. The zero-order valence-corrected chi connectivity index (χ0v) is 14.5. The highest BCUT2D eigenvalue weighted by Gasteiger charge is 2.44. The summed E-state index contributed by atoms with van der Waals surface area (Å²) in [6.45, 7) is 5.83. The maximum atomic E-state index is 11.6. The van der Waals surface area contributed by atoms with Gasteiger partial charge in [0.15, 0.2) is 0 Å². The Kier molecular flexibility index (Phi) is 5.43. The van der Waals surface area contributed by atoms with Crippen LogP contribution in [-0.2, 0) is 16.1 Å². The van der Waals surface area contributed by atoms with Gasteiger partial charge in [-0.25, -0.2) is 10.2 Å². The van der Waals surface area contributed by atoms with Crippen LogP contribution in [0.4, 0.5) is 4.79 Å². The summed E-state index contributed by atoms with van der Waals surface area (Å²) in [4.78, 5) is 11.6. The van der Waals surface area contributed by atoms with E-state index >= 15 is 0 Å². The monoisotopic (exact) mass is 337 g/mol. The van der Waals surface area contributed by atoms with E-state index in [9.17, 15) is 4.79 Å². The third-order valence-electron chi connectivity index (χ3n) is 3.11. The van der Waals surface area contributed by atoms with Crippen molar-refractivity contribution < 1.29 is 14.3 Å². The van der Waals surface area contributed by atoms with E-state index in [1.807, 2.05) is 51.1 Å². The number of hydrazine groups is 1. The van der Waals surface area contributed by atoms with Gasteiger partial charge in [-0.1, -0.05) is 30.3 Å². The lowest BCUT2D eigenvalue weighted by atomic mass is 10.2. The summed E-state index contributed by atoms with van der Waals surface area (Å²) in [5.41, 5.74) is 5.50. The molecule has 126 valence electrons. The molecule has 0 spiro atoms. The van der Waals surface area contributed by atoms with Crippen molar-refractivity contribution in [3.05, 3.63) is 35.9 Å². The summed E-state index contributed by atoms with van der Waals surface area (Å²) < 4.78 is 10.7. The molecule has 6 nitrogen and oxygen atoms in total. The molecule has 0 heterocycles. The van der Waals surface area contributed by atoms with E-state index < -0.39 is 17.4 Å². The van der Waals surface area contributed by atoms with Crippen LogP contribution in [0.2, 0.25) is 0 Å². The molecule has 2 rings (SSSR count). The third kappa shape index (κ3) is 6.42. The lowest BCUT2D eigenvalue weighted by Crippen LogP contribution is -2.55. The Morgan fingerprint density at radius 3 is 2.48 bits per heavy atom. The second-order valence-electron chi connectivity index (χ2n) is 6.52. The van der Waals surface area contributed by atoms with E-state index in [2.05, 4.69) is 16.2 Å².